The zero-order valence-electron chi connectivity index (χ0n) is 15.6. The number of rotatable bonds is 14. The van der Waals surface area contributed by atoms with E-state index in [1.54, 1.807) is 14.2 Å². The van der Waals surface area contributed by atoms with Crippen molar-refractivity contribution in [3.63, 3.8) is 0 Å². The maximum absolute atomic E-state index is 9.01. The van der Waals surface area contributed by atoms with E-state index >= 15 is 0 Å². The van der Waals surface area contributed by atoms with E-state index in [9.17, 15) is 0 Å². The van der Waals surface area contributed by atoms with Crippen molar-refractivity contribution >= 4 is 0 Å². The number of benzene rings is 1. The van der Waals surface area contributed by atoms with Gasteiger partial charge in [-0.2, -0.15) is 0 Å². The van der Waals surface area contributed by atoms with Gasteiger partial charge >= 0.3 is 0 Å². The third-order valence-corrected chi connectivity index (χ3v) is 4.13. The molecule has 0 radical (unpaired) electrons. The summed E-state index contributed by atoms with van der Waals surface area (Å²) in [6.07, 6.45) is 10.4. The molecule has 0 saturated carbocycles. The molecule has 0 saturated heterocycles. The Kier molecular flexibility index (Phi) is 11.1. The molecule has 138 valence electrons. The highest BCUT2D eigenvalue weighted by Crippen LogP contribution is 2.38. The minimum Gasteiger partial charge on any atom is -0.493 e. The van der Waals surface area contributed by atoms with Gasteiger partial charge in [0.25, 0.3) is 0 Å². The molecular formula is C20H34O4. The van der Waals surface area contributed by atoms with Crippen molar-refractivity contribution in [1.82, 2.24) is 0 Å². The number of methoxy groups -OCH3 is 2. The smallest absolute Gasteiger partial charge is 0.203 e. The first kappa shape index (κ1) is 20.6. The molecule has 0 aromatic heterocycles. The van der Waals surface area contributed by atoms with Crippen molar-refractivity contribution in [3.8, 4) is 17.2 Å². The molecule has 1 N–H and O–H groups in total. The molecule has 0 atom stereocenters. The van der Waals surface area contributed by atoms with Gasteiger partial charge in [0, 0.05) is 6.61 Å². The molecule has 0 heterocycles. The third kappa shape index (κ3) is 7.43. The topological polar surface area (TPSA) is 47.9 Å². The van der Waals surface area contributed by atoms with Crippen LogP contribution in [0.1, 0.15) is 63.9 Å². The largest absolute Gasteiger partial charge is 0.493 e. The molecule has 4 heteroatoms. The van der Waals surface area contributed by atoms with Gasteiger partial charge in [-0.3, -0.25) is 0 Å². The molecule has 0 unspecified atom stereocenters. The molecule has 0 fully saturated rings. The maximum Gasteiger partial charge on any atom is 0.203 e. The molecule has 0 aliphatic heterocycles. The number of hydrogen-bond acceptors (Lipinski definition) is 4. The van der Waals surface area contributed by atoms with E-state index in [-0.39, 0.29) is 6.61 Å². The van der Waals surface area contributed by atoms with Crippen LogP contribution in [0.4, 0.5) is 0 Å². The first-order chi connectivity index (χ1) is 11.8. The van der Waals surface area contributed by atoms with Gasteiger partial charge < -0.3 is 19.3 Å². The molecule has 0 amide bonds. The van der Waals surface area contributed by atoms with E-state index in [1.165, 1.54) is 38.5 Å². The summed E-state index contributed by atoms with van der Waals surface area (Å²) in [7, 11) is 3.26. The SMILES string of the molecule is CCCCCCCCCOc1cc(CCCO)cc(OC)c1OC. The van der Waals surface area contributed by atoms with Gasteiger partial charge in [-0.25, -0.2) is 0 Å². The van der Waals surface area contributed by atoms with Crippen LogP contribution in [0.25, 0.3) is 0 Å². The lowest BCUT2D eigenvalue weighted by molar-refractivity contribution is 0.274. The van der Waals surface area contributed by atoms with Gasteiger partial charge in [0.1, 0.15) is 0 Å². The lowest BCUT2D eigenvalue weighted by Gasteiger charge is -2.16. The number of aryl methyl sites for hydroxylation is 1. The van der Waals surface area contributed by atoms with Gasteiger partial charge in [-0.05, 0) is 37.0 Å². The zero-order valence-corrected chi connectivity index (χ0v) is 15.6. The van der Waals surface area contributed by atoms with E-state index in [0.29, 0.717) is 18.1 Å². The summed E-state index contributed by atoms with van der Waals surface area (Å²) < 4.78 is 16.8. The molecule has 1 aromatic rings. The summed E-state index contributed by atoms with van der Waals surface area (Å²) in [5.41, 5.74) is 1.09. The second-order valence-electron chi connectivity index (χ2n) is 6.13. The van der Waals surface area contributed by atoms with Gasteiger partial charge in [0.2, 0.25) is 5.75 Å². The minimum atomic E-state index is 0.183. The molecule has 1 aromatic carbocycles. The summed E-state index contributed by atoms with van der Waals surface area (Å²) in [4.78, 5) is 0. The lowest BCUT2D eigenvalue weighted by atomic mass is 10.1. The molecule has 0 bridgehead atoms. The van der Waals surface area contributed by atoms with E-state index in [1.807, 2.05) is 12.1 Å². The van der Waals surface area contributed by atoms with Crippen LogP contribution in [0.15, 0.2) is 12.1 Å². The highest BCUT2D eigenvalue weighted by atomic mass is 16.5. The summed E-state index contributed by atoms with van der Waals surface area (Å²) in [6.45, 7) is 3.11. The summed E-state index contributed by atoms with van der Waals surface area (Å²) in [5.74, 6) is 2.06. The average molecular weight is 338 g/mol. The number of ether oxygens (including phenoxy) is 3. The fourth-order valence-electron chi connectivity index (χ4n) is 2.76. The van der Waals surface area contributed by atoms with Gasteiger partial charge in [-0.1, -0.05) is 45.4 Å². The van der Waals surface area contributed by atoms with Crippen molar-refractivity contribution in [2.75, 3.05) is 27.4 Å². The second-order valence-corrected chi connectivity index (χ2v) is 6.13. The number of aliphatic hydroxyl groups excluding tert-OH is 1. The van der Waals surface area contributed by atoms with Gasteiger partial charge in [0.15, 0.2) is 11.5 Å². The zero-order chi connectivity index (χ0) is 17.6. The fraction of sp³-hybridized carbons (Fsp3) is 0.700. The third-order valence-electron chi connectivity index (χ3n) is 4.13. The van der Waals surface area contributed by atoms with Crippen molar-refractivity contribution in [1.29, 1.82) is 0 Å². The van der Waals surface area contributed by atoms with Gasteiger partial charge in [0.05, 0.1) is 20.8 Å². The first-order valence-corrected chi connectivity index (χ1v) is 9.25. The van der Waals surface area contributed by atoms with Crippen LogP contribution in [0.2, 0.25) is 0 Å². The molecule has 24 heavy (non-hydrogen) atoms. The fourth-order valence-corrected chi connectivity index (χ4v) is 2.76. The molecule has 0 aliphatic rings. The molecule has 1 rings (SSSR count). The van der Waals surface area contributed by atoms with Crippen molar-refractivity contribution in [2.45, 2.75) is 64.7 Å². The van der Waals surface area contributed by atoms with E-state index < -0.39 is 0 Å². The van der Waals surface area contributed by atoms with Crippen LogP contribution in [0.5, 0.6) is 17.2 Å². The summed E-state index contributed by atoms with van der Waals surface area (Å²) in [6, 6.07) is 3.95. The van der Waals surface area contributed by atoms with Crippen LogP contribution in [0.3, 0.4) is 0 Å². The first-order valence-electron chi connectivity index (χ1n) is 9.25. The van der Waals surface area contributed by atoms with Crippen LogP contribution in [-0.4, -0.2) is 32.5 Å². The minimum absolute atomic E-state index is 0.183. The van der Waals surface area contributed by atoms with Crippen LogP contribution < -0.4 is 14.2 Å². The maximum atomic E-state index is 9.01. The number of aliphatic hydroxyl groups is 1. The Morgan fingerprint density at radius 1 is 0.833 bits per heavy atom. The molecule has 0 spiro atoms. The Hall–Kier alpha value is -1.42. The quantitative estimate of drug-likeness (QED) is 0.497. The van der Waals surface area contributed by atoms with Crippen LogP contribution >= 0.6 is 0 Å². The van der Waals surface area contributed by atoms with Crippen molar-refractivity contribution in [3.05, 3.63) is 17.7 Å². The molecule has 0 aliphatic carbocycles. The predicted molar refractivity (Wildman–Crippen MR) is 98.4 cm³/mol. The monoisotopic (exact) mass is 338 g/mol. The van der Waals surface area contributed by atoms with Crippen LogP contribution in [-0.2, 0) is 6.42 Å². The summed E-state index contributed by atoms with van der Waals surface area (Å²) >= 11 is 0. The van der Waals surface area contributed by atoms with E-state index in [4.69, 9.17) is 19.3 Å². The highest BCUT2D eigenvalue weighted by Gasteiger charge is 2.13. The summed E-state index contributed by atoms with van der Waals surface area (Å²) in [5, 5.41) is 9.01. The van der Waals surface area contributed by atoms with Crippen molar-refractivity contribution in [2.24, 2.45) is 0 Å². The highest BCUT2D eigenvalue weighted by molar-refractivity contribution is 5.53. The normalized spacial score (nSPS) is 10.7. The molecule has 4 nitrogen and oxygen atoms in total. The Morgan fingerprint density at radius 2 is 1.50 bits per heavy atom. The van der Waals surface area contributed by atoms with Crippen molar-refractivity contribution < 1.29 is 19.3 Å². The number of unbranched alkanes of at least 4 members (excludes halogenated alkanes) is 6. The predicted octanol–water partition coefficient (Wildman–Crippen LogP) is 4.76. The Bertz CT molecular complexity index is 446. The number of hydrogen-bond donors (Lipinski definition) is 1. The van der Waals surface area contributed by atoms with E-state index in [2.05, 4.69) is 6.92 Å². The van der Waals surface area contributed by atoms with Crippen LogP contribution in [0, 0.1) is 0 Å². The Labute approximate surface area is 147 Å². The second kappa shape index (κ2) is 12.9. The standard InChI is InChI=1S/C20H34O4/c1-4-5-6-7-8-9-10-14-24-19-16-17(12-11-13-21)15-18(22-2)20(19)23-3/h15-16,21H,4-14H2,1-3H3. The van der Waals surface area contributed by atoms with Gasteiger partial charge in [-0.15, -0.1) is 0 Å². The molecular weight excluding hydrogens is 304 g/mol. The Morgan fingerprint density at radius 3 is 2.12 bits per heavy atom. The Balaban J connectivity index is 2.52. The average Bonchev–Trinajstić information content (AvgIpc) is 2.61. The van der Waals surface area contributed by atoms with E-state index in [0.717, 1.165) is 30.6 Å². The lowest BCUT2D eigenvalue weighted by Crippen LogP contribution is -2.02.